The molecule has 0 radical (unpaired) electrons. The molecule has 2 aromatic carbocycles. The number of halogens is 1. The number of hydrogen-bond donors (Lipinski definition) is 1. The molecule has 19 heavy (non-hydrogen) atoms. The van der Waals surface area contributed by atoms with Crippen molar-refractivity contribution in [3.05, 3.63) is 70.9 Å². The molecule has 3 heteroatoms. The molecular formula is C16H12ClNO. The molecular weight excluding hydrogens is 258 g/mol. The van der Waals surface area contributed by atoms with Gasteiger partial charge in [0.05, 0.1) is 0 Å². The van der Waals surface area contributed by atoms with E-state index in [0.717, 1.165) is 21.7 Å². The zero-order chi connectivity index (χ0) is 13.2. The molecule has 0 saturated heterocycles. The van der Waals surface area contributed by atoms with E-state index in [2.05, 4.69) is 4.98 Å². The summed E-state index contributed by atoms with van der Waals surface area (Å²) in [6, 6.07) is 17.1. The Kier molecular flexibility index (Phi) is 3.10. The Morgan fingerprint density at radius 2 is 1.84 bits per heavy atom. The Balaban J connectivity index is 2.00. The first kappa shape index (κ1) is 12.0. The molecule has 0 atom stereocenters. The predicted molar refractivity (Wildman–Crippen MR) is 77.7 cm³/mol. The quantitative estimate of drug-likeness (QED) is 0.757. The van der Waals surface area contributed by atoms with Crippen molar-refractivity contribution >= 4 is 22.5 Å². The maximum absolute atomic E-state index is 9.82. The Bertz CT molecular complexity index is 740. The van der Waals surface area contributed by atoms with Gasteiger partial charge in [-0.05, 0) is 29.8 Å². The molecule has 0 unspecified atom stereocenters. The fraction of sp³-hybridized carbons (Fsp3) is 0.0625. The molecule has 1 N–H and O–H groups in total. The van der Waals surface area contributed by atoms with Gasteiger partial charge in [-0.3, -0.25) is 0 Å². The Hall–Kier alpha value is -2.06. The van der Waals surface area contributed by atoms with Gasteiger partial charge in [0, 0.05) is 22.5 Å². The van der Waals surface area contributed by atoms with Gasteiger partial charge in [-0.25, -0.2) is 4.98 Å². The lowest BCUT2D eigenvalue weighted by Gasteiger charge is -2.05. The Labute approximate surface area is 116 Å². The summed E-state index contributed by atoms with van der Waals surface area (Å²) in [6.45, 7) is 0. The minimum atomic E-state index is 0.213. The molecule has 0 aliphatic carbocycles. The highest BCUT2D eigenvalue weighted by Crippen LogP contribution is 2.23. The summed E-state index contributed by atoms with van der Waals surface area (Å²) >= 11 is 5.97. The van der Waals surface area contributed by atoms with Gasteiger partial charge >= 0.3 is 0 Å². The lowest BCUT2D eigenvalue weighted by molar-refractivity contribution is 0.480. The molecule has 3 rings (SSSR count). The van der Waals surface area contributed by atoms with E-state index in [4.69, 9.17) is 11.6 Å². The summed E-state index contributed by atoms with van der Waals surface area (Å²) in [4.78, 5) is 4.51. The number of nitrogens with zero attached hydrogens (tertiary/aromatic N) is 1. The van der Waals surface area contributed by atoms with Gasteiger partial charge in [-0.1, -0.05) is 41.9 Å². The second-order valence-corrected chi connectivity index (χ2v) is 4.89. The average molecular weight is 270 g/mol. The van der Waals surface area contributed by atoms with Gasteiger partial charge in [0.15, 0.2) is 0 Å². The van der Waals surface area contributed by atoms with Crippen LogP contribution >= 0.6 is 11.6 Å². The topological polar surface area (TPSA) is 33.1 Å². The van der Waals surface area contributed by atoms with Crippen molar-refractivity contribution in [1.82, 2.24) is 4.98 Å². The second kappa shape index (κ2) is 4.90. The number of pyridine rings is 1. The minimum Gasteiger partial charge on any atom is -0.506 e. The van der Waals surface area contributed by atoms with Crippen LogP contribution in [0.1, 0.15) is 11.3 Å². The smallest absolute Gasteiger partial charge is 0.141 e. The number of phenols is 1. The number of benzene rings is 2. The van der Waals surface area contributed by atoms with Crippen LogP contribution in [0.3, 0.4) is 0 Å². The standard InChI is InChI=1S/C16H12ClNO/c17-13-5-1-3-11(9-13)10-14-8-7-12-4-2-6-15(19)16(12)18-14/h1-9,19H,10H2. The third-order valence-corrected chi connectivity index (χ3v) is 3.27. The van der Waals surface area contributed by atoms with E-state index in [-0.39, 0.29) is 5.75 Å². The van der Waals surface area contributed by atoms with E-state index < -0.39 is 0 Å². The summed E-state index contributed by atoms with van der Waals surface area (Å²) in [7, 11) is 0. The molecule has 0 saturated carbocycles. The van der Waals surface area contributed by atoms with Gasteiger partial charge in [-0.15, -0.1) is 0 Å². The minimum absolute atomic E-state index is 0.213. The highest BCUT2D eigenvalue weighted by Gasteiger charge is 2.04. The van der Waals surface area contributed by atoms with Crippen molar-refractivity contribution in [1.29, 1.82) is 0 Å². The molecule has 3 aromatic rings. The first-order valence-electron chi connectivity index (χ1n) is 6.04. The molecule has 0 aliphatic rings. The molecule has 94 valence electrons. The normalized spacial score (nSPS) is 10.8. The number of rotatable bonds is 2. The Morgan fingerprint density at radius 3 is 2.68 bits per heavy atom. The van der Waals surface area contributed by atoms with Crippen molar-refractivity contribution in [2.45, 2.75) is 6.42 Å². The third kappa shape index (κ3) is 2.54. The van der Waals surface area contributed by atoms with Crippen LogP contribution in [0.15, 0.2) is 54.6 Å². The van der Waals surface area contributed by atoms with E-state index in [1.807, 2.05) is 48.5 Å². The highest BCUT2D eigenvalue weighted by atomic mass is 35.5. The summed E-state index contributed by atoms with van der Waals surface area (Å²) in [5, 5.41) is 11.5. The van der Waals surface area contributed by atoms with E-state index in [1.54, 1.807) is 6.07 Å². The number of aromatic nitrogens is 1. The van der Waals surface area contributed by atoms with Crippen LogP contribution in [0.5, 0.6) is 5.75 Å². The molecule has 0 spiro atoms. The largest absolute Gasteiger partial charge is 0.506 e. The lowest BCUT2D eigenvalue weighted by atomic mass is 10.1. The van der Waals surface area contributed by atoms with Gasteiger partial charge in [0.25, 0.3) is 0 Å². The second-order valence-electron chi connectivity index (χ2n) is 4.46. The number of para-hydroxylation sites is 1. The molecule has 0 aliphatic heterocycles. The molecule has 2 nitrogen and oxygen atoms in total. The number of aromatic hydroxyl groups is 1. The SMILES string of the molecule is Oc1cccc2ccc(Cc3cccc(Cl)c3)nc12. The number of hydrogen-bond acceptors (Lipinski definition) is 2. The summed E-state index contributed by atoms with van der Waals surface area (Å²) in [6.07, 6.45) is 0.699. The van der Waals surface area contributed by atoms with E-state index in [0.29, 0.717) is 11.9 Å². The van der Waals surface area contributed by atoms with Gasteiger partial charge in [0.1, 0.15) is 11.3 Å². The first-order chi connectivity index (χ1) is 9.22. The summed E-state index contributed by atoms with van der Waals surface area (Å²) in [5.74, 6) is 0.213. The van der Waals surface area contributed by atoms with E-state index in [9.17, 15) is 5.11 Å². The summed E-state index contributed by atoms with van der Waals surface area (Å²) in [5.41, 5.74) is 2.66. The molecule has 0 bridgehead atoms. The number of fused-ring (bicyclic) bond motifs is 1. The maximum Gasteiger partial charge on any atom is 0.141 e. The van der Waals surface area contributed by atoms with Crippen molar-refractivity contribution in [3.8, 4) is 5.75 Å². The lowest BCUT2D eigenvalue weighted by Crippen LogP contribution is -1.92. The first-order valence-corrected chi connectivity index (χ1v) is 6.42. The zero-order valence-electron chi connectivity index (χ0n) is 10.2. The summed E-state index contributed by atoms with van der Waals surface area (Å²) < 4.78 is 0. The monoisotopic (exact) mass is 269 g/mol. The highest BCUT2D eigenvalue weighted by molar-refractivity contribution is 6.30. The maximum atomic E-state index is 9.82. The van der Waals surface area contributed by atoms with Crippen LogP contribution < -0.4 is 0 Å². The van der Waals surface area contributed by atoms with Crippen LogP contribution in [0, 0.1) is 0 Å². The van der Waals surface area contributed by atoms with Crippen molar-refractivity contribution in [3.63, 3.8) is 0 Å². The molecule has 0 amide bonds. The van der Waals surface area contributed by atoms with Crippen molar-refractivity contribution in [2.75, 3.05) is 0 Å². The molecule has 0 fully saturated rings. The third-order valence-electron chi connectivity index (χ3n) is 3.03. The molecule has 1 aromatic heterocycles. The van der Waals surface area contributed by atoms with E-state index in [1.165, 1.54) is 0 Å². The van der Waals surface area contributed by atoms with Crippen molar-refractivity contribution in [2.24, 2.45) is 0 Å². The van der Waals surface area contributed by atoms with Gasteiger partial charge in [0.2, 0.25) is 0 Å². The predicted octanol–water partition coefficient (Wildman–Crippen LogP) is 4.18. The van der Waals surface area contributed by atoms with Crippen LogP contribution in [0.2, 0.25) is 5.02 Å². The van der Waals surface area contributed by atoms with Crippen molar-refractivity contribution < 1.29 is 5.11 Å². The van der Waals surface area contributed by atoms with Crippen LogP contribution in [0.4, 0.5) is 0 Å². The van der Waals surface area contributed by atoms with Crippen LogP contribution in [0.25, 0.3) is 10.9 Å². The molecule has 1 heterocycles. The van der Waals surface area contributed by atoms with Gasteiger partial charge < -0.3 is 5.11 Å². The Morgan fingerprint density at radius 1 is 1.00 bits per heavy atom. The van der Waals surface area contributed by atoms with Crippen LogP contribution in [-0.4, -0.2) is 10.1 Å². The van der Waals surface area contributed by atoms with Crippen LogP contribution in [-0.2, 0) is 6.42 Å². The number of phenolic OH excluding ortho intramolecular Hbond substituents is 1. The average Bonchev–Trinajstić information content (AvgIpc) is 2.40. The fourth-order valence-corrected chi connectivity index (χ4v) is 2.34. The zero-order valence-corrected chi connectivity index (χ0v) is 10.9. The fourth-order valence-electron chi connectivity index (χ4n) is 2.13. The van der Waals surface area contributed by atoms with Gasteiger partial charge in [-0.2, -0.15) is 0 Å². The van der Waals surface area contributed by atoms with E-state index >= 15 is 0 Å².